The number of amides is 2. The number of nitrogens with zero attached hydrogens (tertiary/aromatic N) is 1. The molecule has 2 aliphatic heterocycles. The fraction of sp³-hybridized carbons (Fsp3) is 0.467. The van der Waals surface area contributed by atoms with Gasteiger partial charge in [0.05, 0.1) is 6.61 Å². The van der Waals surface area contributed by atoms with Gasteiger partial charge in [-0.2, -0.15) is 0 Å². The highest BCUT2D eigenvalue weighted by molar-refractivity contribution is 6.30. The zero-order chi connectivity index (χ0) is 15.7. The van der Waals surface area contributed by atoms with Crippen molar-refractivity contribution in [2.45, 2.75) is 31.1 Å². The van der Waals surface area contributed by atoms with Gasteiger partial charge in [-0.25, -0.2) is 0 Å². The maximum absolute atomic E-state index is 12.1. The van der Waals surface area contributed by atoms with E-state index in [2.05, 4.69) is 10.6 Å². The van der Waals surface area contributed by atoms with Crippen LogP contribution in [0, 0.1) is 0 Å². The van der Waals surface area contributed by atoms with Crippen LogP contribution in [0.5, 0.6) is 0 Å². The molecule has 2 heterocycles. The summed E-state index contributed by atoms with van der Waals surface area (Å²) in [4.78, 5) is 25.7. The molecule has 0 unspecified atom stereocenters. The standard InChI is InChI=1S/C15H18ClN3O3/c16-10-3-1-9(2-4-10)6-17-11-5-13-14(21)18-12(8-20)15(22)19(13)7-11/h1-4,11-13,17,20H,5-8H2,(H,18,21)/t11-,12+,13-/m0/s1. The minimum absolute atomic E-state index is 0.0628. The average Bonchev–Trinajstić information content (AvgIpc) is 2.95. The number of rotatable bonds is 4. The van der Waals surface area contributed by atoms with E-state index in [1.807, 2.05) is 24.3 Å². The maximum Gasteiger partial charge on any atom is 0.248 e. The highest BCUT2D eigenvalue weighted by Gasteiger charge is 2.45. The van der Waals surface area contributed by atoms with E-state index in [0.717, 1.165) is 5.56 Å². The summed E-state index contributed by atoms with van der Waals surface area (Å²) in [6.45, 7) is 0.777. The van der Waals surface area contributed by atoms with Gasteiger partial charge in [0.25, 0.3) is 0 Å². The largest absolute Gasteiger partial charge is 0.394 e. The molecule has 2 amide bonds. The number of benzene rings is 1. The zero-order valence-corrected chi connectivity index (χ0v) is 12.7. The molecule has 2 fully saturated rings. The second kappa shape index (κ2) is 6.24. The van der Waals surface area contributed by atoms with Crippen LogP contribution in [0.4, 0.5) is 0 Å². The Balaban J connectivity index is 1.60. The summed E-state index contributed by atoms with van der Waals surface area (Å²) in [6, 6.07) is 6.37. The van der Waals surface area contributed by atoms with Crippen molar-refractivity contribution in [3.63, 3.8) is 0 Å². The lowest BCUT2D eigenvalue weighted by molar-refractivity contribution is -0.148. The first kappa shape index (κ1) is 15.3. The number of nitrogens with one attached hydrogen (secondary N) is 2. The predicted octanol–water partition coefficient (Wildman–Crippen LogP) is -0.110. The van der Waals surface area contributed by atoms with Gasteiger partial charge in [0.1, 0.15) is 12.1 Å². The van der Waals surface area contributed by atoms with E-state index >= 15 is 0 Å². The van der Waals surface area contributed by atoms with Crippen LogP contribution in [-0.4, -0.2) is 53.1 Å². The Morgan fingerprint density at radius 3 is 2.73 bits per heavy atom. The van der Waals surface area contributed by atoms with Crippen LogP contribution in [0.15, 0.2) is 24.3 Å². The van der Waals surface area contributed by atoms with Crippen LogP contribution in [0.25, 0.3) is 0 Å². The highest BCUT2D eigenvalue weighted by Crippen LogP contribution is 2.23. The topological polar surface area (TPSA) is 81.7 Å². The van der Waals surface area contributed by atoms with Crippen LogP contribution < -0.4 is 10.6 Å². The number of fused-ring (bicyclic) bond motifs is 1. The second-order valence-electron chi connectivity index (χ2n) is 5.69. The summed E-state index contributed by atoms with van der Waals surface area (Å²) in [5, 5.41) is 15.8. The van der Waals surface area contributed by atoms with Crippen LogP contribution in [0.1, 0.15) is 12.0 Å². The van der Waals surface area contributed by atoms with Gasteiger partial charge in [-0.05, 0) is 24.1 Å². The molecule has 2 aliphatic rings. The van der Waals surface area contributed by atoms with Crippen molar-refractivity contribution in [1.82, 2.24) is 15.5 Å². The van der Waals surface area contributed by atoms with Gasteiger partial charge in [-0.1, -0.05) is 23.7 Å². The minimum atomic E-state index is -0.807. The molecule has 3 atom stereocenters. The molecule has 3 N–H and O–H groups in total. The third-order valence-corrected chi connectivity index (χ3v) is 4.44. The number of halogens is 1. The SMILES string of the molecule is O=C1N[C@H](CO)C(=O)N2C[C@@H](NCc3ccc(Cl)cc3)C[C@@H]12. The normalized spacial score (nSPS) is 27.7. The monoisotopic (exact) mass is 323 g/mol. The van der Waals surface area contributed by atoms with E-state index in [0.29, 0.717) is 24.5 Å². The molecule has 6 nitrogen and oxygen atoms in total. The van der Waals surface area contributed by atoms with Gasteiger partial charge < -0.3 is 20.6 Å². The molecule has 0 spiro atoms. The van der Waals surface area contributed by atoms with E-state index in [-0.39, 0.29) is 24.5 Å². The number of aliphatic hydroxyl groups excluding tert-OH is 1. The van der Waals surface area contributed by atoms with Crippen molar-refractivity contribution in [2.75, 3.05) is 13.2 Å². The number of carbonyl (C=O) groups is 2. The Labute approximate surface area is 133 Å². The van der Waals surface area contributed by atoms with Crippen molar-refractivity contribution >= 4 is 23.4 Å². The molecule has 118 valence electrons. The van der Waals surface area contributed by atoms with Crippen LogP contribution in [0.2, 0.25) is 5.02 Å². The highest BCUT2D eigenvalue weighted by atomic mass is 35.5. The third-order valence-electron chi connectivity index (χ3n) is 4.19. The Morgan fingerprint density at radius 1 is 1.32 bits per heavy atom. The molecule has 1 aromatic rings. The summed E-state index contributed by atoms with van der Waals surface area (Å²) >= 11 is 5.85. The molecule has 0 bridgehead atoms. The van der Waals surface area contributed by atoms with Crippen LogP contribution in [-0.2, 0) is 16.1 Å². The van der Waals surface area contributed by atoms with Gasteiger partial charge in [0.2, 0.25) is 11.8 Å². The molecule has 0 aromatic heterocycles. The fourth-order valence-corrected chi connectivity index (χ4v) is 3.12. The first-order chi connectivity index (χ1) is 10.6. The van der Waals surface area contributed by atoms with Crippen LogP contribution >= 0.6 is 11.6 Å². The molecule has 0 radical (unpaired) electrons. The van der Waals surface area contributed by atoms with E-state index < -0.39 is 12.1 Å². The quantitative estimate of drug-likeness (QED) is 0.722. The Kier molecular flexibility index (Phi) is 4.33. The Hall–Kier alpha value is -1.63. The number of hydrogen-bond acceptors (Lipinski definition) is 4. The number of carbonyl (C=O) groups excluding carboxylic acids is 2. The van der Waals surface area contributed by atoms with Gasteiger partial charge >= 0.3 is 0 Å². The first-order valence-electron chi connectivity index (χ1n) is 7.28. The van der Waals surface area contributed by atoms with Gasteiger partial charge in [0, 0.05) is 24.2 Å². The Bertz CT molecular complexity index is 578. The summed E-state index contributed by atoms with van der Waals surface area (Å²) in [6.07, 6.45) is 0.587. The smallest absolute Gasteiger partial charge is 0.248 e. The molecule has 2 saturated heterocycles. The number of aliphatic hydroxyl groups is 1. The first-order valence-corrected chi connectivity index (χ1v) is 7.66. The lowest BCUT2D eigenvalue weighted by Crippen LogP contribution is -2.62. The summed E-state index contributed by atoms with van der Waals surface area (Å²) in [5.41, 5.74) is 1.10. The van der Waals surface area contributed by atoms with E-state index in [1.165, 1.54) is 0 Å². The average molecular weight is 324 g/mol. The number of piperazine rings is 1. The van der Waals surface area contributed by atoms with Gasteiger partial charge in [-0.15, -0.1) is 0 Å². The van der Waals surface area contributed by atoms with Gasteiger partial charge in [-0.3, -0.25) is 9.59 Å². The van der Waals surface area contributed by atoms with Crippen molar-refractivity contribution in [3.05, 3.63) is 34.9 Å². The zero-order valence-electron chi connectivity index (χ0n) is 12.0. The van der Waals surface area contributed by atoms with E-state index in [9.17, 15) is 9.59 Å². The molecule has 3 rings (SSSR count). The van der Waals surface area contributed by atoms with Crippen LogP contribution in [0.3, 0.4) is 0 Å². The second-order valence-corrected chi connectivity index (χ2v) is 6.13. The number of hydrogen-bond donors (Lipinski definition) is 3. The van der Waals surface area contributed by atoms with Crippen molar-refractivity contribution in [1.29, 1.82) is 0 Å². The molecular formula is C15H18ClN3O3. The van der Waals surface area contributed by atoms with Gasteiger partial charge in [0.15, 0.2) is 0 Å². The maximum atomic E-state index is 12.1. The molecule has 0 saturated carbocycles. The predicted molar refractivity (Wildman–Crippen MR) is 81.2 cm³/mol. The molecule has 7 heteroatoms. The lowest BCUT2D eigenvalue weighted by Gasteiger charge is -2.33. The molecule has 1 aromatic carbocycles. The molecular weight excluding hydrogens is 306 g/mol. The molecule has 22 heavy (non-hydrogen) atoms. The molecule has 0 aliphatic carbocycles. The Morgan fingerprint density at radius 2 is 2.05 bits per heavy atom. The van der Waals surface area contributed by atoms with Crippen molar-refractivity contribution in [2.24, 2.45) is 0 Å². The van der Waals surface area contributed by atoms with Crippen molar-refractivity contribution in [3.8, 4) is 0 Å². The van der Waals surface area contributed by atoms with E-state index in [1.54, 1.807) is 4.90 Å². The van der Waals surface area contributed by atoms with Crippen molar-refractivity contribution < 1.29 is 14.7 Å². The van der Waals surface area contributed by atoms with E-state index in [4.69, 9.17) is 16.7 Å². The summed E-state index contributed by atoms with van der Waals surface area (Å²) in [7, 11) is 0. The third kappa shape index (κ3) is 2.95. The summed E-state index contributed by atoms with van der Waals surface area (Å²) < 4.78 is 0. The summed E-state index contributed by atoms with van der Waals surface area (Å²) in [5.74, 6) is -0.391. The fourth-order valence-electron chi connectivity index (χ4n) is 2.99. The minimum Gasteiger partial charge on any atom is -0.394 e. The lowest BCUT2D eigenvalue weighted by atomic mass is 10.1.